The number of anilines is 1. The van der Waals surface area contributed by atoms with E-state index in [2.05, 4.69) is 16.8 Å². The van der Waals surface area contributed by atoms with E-state index in [9.17, 15) is 0 Å². The van der Waals surface area contributed by atoms with Crippen LogP contribution in [0, 0.1) is 5.92 Å². The first-order valence-corrected chi connectivity index (χ1v) is 6.61. The summed E-state index contributed by atoms with van der Waals surface area (Å²) in [6.07, 6.45) is 4.28. The Labute approximate surface area is 107 Å². The van der Waals surface area contributed by atoms with Gasteiger partial charge in [-0.05, 0) is 24.0 Å². The maximum atomic E-state index is 6.22. The Hall–Kier alpha value is -0.470. The van der Waals surface area contributed by atoms with Gasteiger partial charge < -0.3 is 4.90 Å². The lowest BCUT2D eigenvalue weighted by Crippen LogP contribution is -2.21. The second kappa shape index (κ2) is 5.24. The highest BCUT2D eigenvalue weighted by atomic mass is 35.5. The van der Waals surface area contributed by atoms with E-state index in [1.54, 1.807) is 0 Å². The first kappa shape index (κ1) is 12.0. The average Bonchev–Trinajstić information content (AvgIpc) is 2.77. The van der Waals surface area contributed by atoms with Gasteiger partial charge in [0.05, 0.1) is 5.02 Å². The van der Waals surface area contributed by atoms with Crippen LogP contribution >= 0.6 is 23.2 Å². The molecule has 2 rings (SSSR count). The Kier molecular flexibility index (Phi) is 3.93. The second-order valence-corrected chi connectivity index (χ2v) is 4.97. The minimum absolute atomic E-state index is 0.463. The molecule has 0 saturated carbocycles. The van der Waals surface area contributed by atoms with E-state index in [1.807, 2.05) is 12.3 Å². The SMILES string of the molecule is CCC1CCN(c2ncc(CCl)cc2Cl)C1. The van der Waals surface area contributed by atoms with Crippen LogP contribution in [0.25, 0.3) is 0 Å². The summed E-state index contributed by atoms with van der Waals surface area (Å²) in [4.78, 5) is 6.68. The molecule has 0 spiro atoms. The number of hydrogen-bond acceptors (Lipinski definition) is 2. The van der Waals surface area contributed by atoms with E-state index < -0.39 is 0 Å². The van der Waals surface area contributed by atoms with Gasteiger partial charge >= 0.3 is 0 Å². The van der Waals surface area contributed by atoms with Crippen molar-refractivity contribution in [2.45, 2.75) is 25.6 Å². The van der Waals surface area contributed by atoms with Gasteiger partial charge in [-0.1, -0.05) is 24.9 Å². The van der Waals surface area contributed by atoms with Crippen LogP contribution in [0.1, 0.15) is 25.3 Å². The van der Waals surface area contributed by atoms with Gasteiger partial charge in [-0.3, -0.25) is 0 Å². The second-order valence-electron chi connectivity index (χ2n) is 4.29. The Morgan fingerprint density at radius 3 is 2.94 bits per heavy atom. The van der Waals surface area contributed by atoms with Crippen LogP contribution in [0.4, 0.5) is 5.82 Å². The van der Waals surface area contributed by atoms with Crippen molar-refractivity contribution in [2.75, 3.05) is 18.0 Å². The molecule has 1 aromatic heterocycles. The van der Waals surface area contributed by atoms with E-state index in [0.717, 1.165) is 35.4 Å². The van der Waals surface area contributed by atoms with Gasteiger partial charge in [0, 0.05) is 25.2 Å². The molecule has 1 atom stereocenters. The van der Waals surface area contributed by atoms with Gasteiger partial charge in [-0.2, -0.15) is 0 Å². The van der Waals surface area contributed by atoms with Gasteiger partial charge in [0.15, 0.2) is 0 Å². The normalized spacial score (nSPS) is 20.4. The molecule has 1 fully saturated rings. The average molecular weight is 259 g/mol. The summed E-state index contributed by atoms with van der Waals surface area (Å²) < 4.78 is 0. The predicted octanol–water partition coefficient (Wildman–Crippen LogP) is 3.71. The lowest BCUT2D eigenvalue weighted by Gasteiger charge is -2.18. The summed E-state index contributed by atoms with van der Waals surface area (Å²) in [5, 5.41) is 0.718. The number of halogens is 2. The number of aromatic nitrogens is 1. The minimum Gasteiger partial charge on any atom is -0.355 e. The molecule has 0 radical (unpaired) electrons. The van der Waals surface area contributed by atoms with Crippen LogP contribution in [0.2, 0.25) is 5.02 Å². The summed E-state index contributed by atoms with van der Waals surface area (Å²) in [5.41, 5.74) is 0.974. The van der Waals surface area contributed by atoms with E-state index >= 15 is 0 Å². The van der Waals surface area contributed by atoms with Crippen LogP contribution in [0.15, 0.2) is 12.3 Å². The molecule has 2 nitrogen and oxygen atoms in total. The first-order chi connectivity index (χ1) is 7.74. The topological polar surface area (TPSA) is 16.1 Å². The summed E-state index contributed by atoms with van der Waals surface area (Å²) >= 11 is 12.0. The molecule has 1 aliphatic rings. The standard InChI is InChI=1S/C12H16Cl2N2/c1-2-9-3-4-16(8-9)12-11(14)5-10(6-13)7-15-12/h5,7,9H,2-4,6,8H2,1H3. The third-order valence-corrected chi connectivity index (χ3v) is 3.78. The Morgan fingerprint density at radius 2 is 2.38 bits per heavy atom. The van der Waals surface area contributed by atoms with Crippen molar-refractivity contribution >= 4 is 29.0 Å². The molecule has 0 bridgehead atoms. The van der Waals surface area contributed by atoms with Gasteiger partial charge in [0.25, 0.3) is 0 Å². The molecule has 1 unspecified atom stereocenters. The third-order valence-electron chi connectivity index (χ3n) is 3.20. The highest BCUT2D eigenvalue weighted by molar-refractivity contribution is 6.33. The molecule has 0 N–H and O–H groups in total. The zero-order chi connectivity index (χ0) is 11.5. The minimum atomic E-state index is 0.463. The van der Waals surface area contributed by atoms with Crippen LogP contribution in [0.3, 0.4) is 0 Å². The molecular formula is C12H16Cl2N2. The van der Waals surface area contributed by atoms with Crippen molar-refractivity contribution in [3.63, 3.8) is 0 Å². The molecule has 0 amide bonds. The van der Waals surface area contributed by atoms with E-state index in [1.165, 1.54) is 12.8 Å². The van der Waals surface area contributed by atoms with Gasteiger partial charge in [0.1, 0.15) is 5.82 Å². The quantitative estimate of drug-likeness (QED) is 0.769. The fraction of sp³-hybridized carbons (Fsp3) is 0.583. The largest absolute Gasteiger partial charge is 0.355 e. The zero-order valence-electron chi connectivity index (χ0n) is 9.42. The molecule has 2 heterocycles. The third kappa shape index (κ3) is 2.44. The lowest BCUT2D eigenvalue weighted by atomic mass is 10.1. The van der Waals surface area contributed by atoms with E-state index in [-0.39, 0.29) is 0 Å². The maximum Gasteiger partial charge on any atom is 0.147 e. The van der Waals surface area contributed by atoms with Crippen molar-refractivity contribution < 1.29 is 0 Å². The van der Waals surface area contributed by atoms with Crippen molar-refractivity contribution in [3.05, 3.63) is 22.8 Å². The van der Waals surface area contributed by atoms with Crippen LogP contribution < -0.4 is 4.90 Å². The fourth-order valence-electron chi connectivity index (χ4n) is 2.13. The summed E-state index contributed by atoms with van der Waals surface area (Å²) in [6, 6.07) is 1.91. The molecule has 1 aliphatic heterocycles. The van der Waals surface area contributed by atoms with Crippen molar-refractivity contribution in [3.8, 4) is 0 Å². The first-order valence-electron chi connectivity index (χ1n) is 5.70. The van der Waals surface area contributed by atoms with Gasteiger partial charge in [-0.15, -0.1) is 11.6 Å². The van der Waals surface area contributed by atoms with Crippen molar-refractivity contribution in [2.24, 2.45) is 5.92 Å². The van der Waals surface area contributed by atoms with E-state index in [0.29, 0.717) is 5.88 Å². The molecular weight excluding hydrogens is 243 g/mol. The number of pyridine rings is 1. The van der Waals surface area contributed by atoms with Gasteiger partial charge in [0.2, 0.25) is 0 Å². The highest BCUT2D eigenvalue weighted by Gasteiger charge is 2.23. The Balaban J connectivity index is 2.15. The molecule has 1 saturated heterocycles. The predicted molar refractivity (Wildman–Crippen MR) is 69.4 cm³/mol. The molecule has 4 heteroatoms. The molecule has 0 aliphatic carbocycles. The van der Waals surface area contributed by atoms with Crippen molar-refractivity contribution in [1.82, 2.24) is 4.98 Å². The molecule has 88 valence electrons. The fourth-order valence-corrected chi connectivity index (χ4v) is 2.59. The van der Waals surface area contributed by atoms with Crippen LogP contribution in [-0.2, 0) is 5.88 Å². The van der Waals surface area contributed by atoms with Crippen LogP contribution in [-0.4, -0.2) is 18.1 Å². The summed E-state index contributed by atoms with van der Waals surface area (Å²) in [6.45, 7) is 4.37. The number of rotatable bonds is 3. The smallest absolute Gasteiger partial charge is 0.147 e. The Bertz CT molecular complexity index is 368. The highest BCUT2D eigenvalue weighted by Crippen LogP contribution is 2.30. The lowest BCUT2D eigenvalue weighted by molar-refractivity contribution is 0.569. The number of alkyl halides is 1. The number of nitrogens with zero attached hydrogens (tertiary/aromatic N) is 2. The number of hydrogen-bond donors (Lipinski definition) is 0. The van der Waals surface area contributed by atoms with Crippen LogP contribution in [0.5, 0.6) is 0 Å². The summed E-state index contributed by atoms with van der Waals surface area (Å²) in [7, 11) is 0. The zero-order valence-corrected chi connectivity index (χ0v) is 10.9. The van der Waals surface area contributed by atoms with Gasteiger partial charge in [-0.25, -0.2) is 4.98 Å². The van der Waals surface area contributed by atoms with Crippen molar-refractivity contribution in [1.29, 1.82) is 0 Å². The molecule has 1 aromatic rings. The van der Waals surface area contributed by atoms with E-state index in [4.69, 9.17) is 23.2 Å². The maximum absolute atomic E-state index is 6.22. The molecule has 0 aromatic carbocycles. The monoisotopic (exact) mass is 258 g/mol. The Morgan fingerprint density at radius 1 is 1.56 bits per heavy atom. The summed E-state index contributed by atoms with van der Waals surface area (Å²) in [5.74, 6) is 2.15. The molecule has 16 heavy (non-hydrogen) atoms.